The molecule has 1 amide bonds. The van der Waals surface area contributed by atoms with Gasteiger partial charge in [0.05, 0.1) is 31.9 Å². The highest BCUT2D eigenvalue weighted by Crippen LogP contribution is 2.30. The molecule has 0 bridgehead atoms. The minimum Gasteiger partial charge on any atom is -0.497 e. The normalized spacial score (nSPS) is 10.9. The molecule has 1 N–H and O–H groups in total. The van der Waals surface area contributed by atoms with Crippen LogP contribution in [0.2, 0.25) is 0 Å². The predicted molar refractivity (Wildman–Crippen MR) is 122 cm³/mol. The molecule has 0 aliphatic carbocycles. The highest BCUT2D eigenvalue weighted by Gasteiger charge is 2.27. The van der Waals surface area contributed by atoms with Gasteiger partial charge in [-0.05, 0) is 60.7 Å². The number of hydrogen-bond donors (Lipinski definition) is 1. The molecule has 0 unspecified atom stereocenters. The van der Waals surface area contributed by atoms with E-state index in [0.717, 1.165) is 16.4 Å². The standard InChI is InChI=1S/C23H23FN2O6S/c1-30-19-9-11-20(12-10-19)33(28,29)26(18-7-4-16(24)5-8-18)15-23(27)25-17-6-13-21(31-2)22(14-17)32-3/h4-14H,15H2,1-3H3,(H,25,27). The first kappa shape index (κ1) is 23.9. The molecule has 10 heteroatoms. The van der Waals surface area contributed by atoms with Crippen molar-refractivity contribution in [1.29, 1.82) is 0 Å². The summed E-state index contributed by atoms with van der Waals surface area (Å²) in [5.41, 5.74) is 0.522. The highest BCUT2D eigenvalue weighted by atomic mass is 32.2. The molecule has 0 saturated heterocycles. The van der Waals surface area contributed by atoms with Gasteiger partial charge in [0, 0.05) is 11.8 Å². The predicted octanol–water partition coefficient (Wildman–Crippen LogP) is 3.69. The molecule has 0 fully saturated rings. The number of rotatable bonds is 9. The molecule has 0 aliphatic rings. The second kappa shape index (κ2) is 10.2. The summed E-state index contributed by atoms with van der Waals surface area (Å²) < 4.78 is 56.6. The third-order valence-electron chi connectivity index (χ3n) is 4.72. The molecule has 0 radical (unpaired) electrons. The van der Waals surface area contributed by atoms with Crippen molar-refractivity contribution < 1.29 is 31.8 Å². The molecule has 0 heterocycles. The third kappa shape index (κ3) is 5.53. The number of benzene rings is 3. The Hall–Kier alpha value is -3.79. The van der Waals surface area contributed by atoms with E-state index in [-0.39, 0.29) is 10.6 Å². The van der Waals surface area contributed by atoms with Gasteiger partial charge in [-0.15, -0.1) is 0 Å². The van der Waals surface area contributed by atoms with Crippen LogP contribution < -0.4 is 23.8 Å². The van der Waals surface area contributed by atoms with Crippen LogP contribution in [0.1, 0.15) is 0 Å². The Kier molecular flexibility index (Phi) is 7.39. The molecule has 174 valence electrons. The number of sulfonamides is 1. The second-order valence-corrected chi connectivity index (χ2v) is 8.64. The summed E-state index contributed by atoms with van der Waals surface area (Å²) >= 11 is 0. The number of halogens is 1. The summed E-state index contributed by atoms with van der Waals surface area (Å²) in [5.74, 6) is 0.217. The van der Waals surface area contributed by atoms with E-state index in [2.05, 4.69) is 5.32 Å². The summed E-state index contributed by atoms with van der Waals surface area (Å²) in [6, 6.07) is 15.3. The average Bonchev–Trinajstić information content (AvgIpc) is 2.83. The number of methoxy groups -OCH3 is 3. The molecule has 3 aromatic carbocycles. The van der Waals surface area contributed by atoms with Crippen molar-refractivity contribution in [2.45, 2.75) is 4.90 Å². The Bertz CT molecular complexity index is 1210. The van der Waals surface area contributed by atoms with Crippen LogP contribution in [0.4, 0.5) is 15.8 Å². The van der Waals surface area contributed by atoms with E-state index in [1.807, 2.05) is 0 Å². The molecular formula is C23H23FN2O6S. The maximum Gasteiger partial charge on any atom is 0.264 e. The van der Waals surface area contributed by atoms with Crippen molar-refractivity contribution in [3.63, 3.8) is 0 Å². The molecule has 0 aromatic heterocycles. The van der Waals surface area contributed by atoms with Gasteiger partial charge in [-0.3, -0.25) is 9.10 Å². The van der Waals surface area contributed by atoms with Crippen LogP contribution in [0, 0.1) is 5.82 Å². The molecule has 0 aliphatic heterocycles. The largest absolute Gasteiger partial charge is 0.497 e. The molecule has 3 rings (SSSR count). The van der Waals surface area contributed by atoms with Gasteiger partial charge in [-0.1, -0.05) is 0 Å². The monoisotopic (exact) mass is 474 g/mol. The zero-order valence-electron chi connectivity index (χ0n) is 18.2. The van der Waals surface area contributed by atoms with Crippen molar-refractivity contribution in [2.24, 2.45) is 0 Å². The Labute approximate surface area is 191 Å². The average molecular weight is 475 g/mol. The van der Waals surface area contributed by atoms with Crippen molar-refractivity contribution >= 4 is 27.3 Å². The minimum absolute atomic E-state index is 0.0495. The fourth-order valence-electron chi connectivity index (χ4n) is 3.04. The molecule has 0 spiro atoms. The molecule has 0 atom stereocenters. The highest BCUT2D eigenvalue weighted by molar-refractivity contribution is 7.92. The quantitative estimate of drug-likeness (QED) is 0.509. The van der Waals surface area contributed by atoms with Crippen molar-refractivity contribution in [1.82, 2.24) is 0 Å². The Balaban J connectivity index is 1.91. The zero-order chi connectivity index (χ0) is 24.0. The van der Waals surface area contributed by atoms with E-state index >= 15 is 0 Å². The molecule has 0 saturated carbocycles. The van der Waals surface area contributed by atoms with Crippen LogP contribution in [-0.4, -0.2) is 42.2 Å². The van der Waals surface area contributed by atoms with Gasteiger partial charge >= 0.3 is 0 Å². The summed E-state index contributed by atoms with van der Waals surface area (Å²) in [4.78, 5) is 12.8. The summed E-state index contributed by atoms with van der Waals surface area (Å²) in [6.45, 7) is -0.547. The number of ether oxygens (including phenoxy) is 3. The van der Waals surface area contributed by atoms with Crippen LogP contribution in [-0.2, 0) is 14.8 Å². The van der Waals surface area contributed by atoms with E-state index < -0.39 is 28.3 Å². The number of nitrogens with zero attached hydrogens (tertiary/aromatic N) is 1. The van der Waals surface area contributed by atoms with Gasteiger partial charge in [0.1, 0.15) is 18.1 Å². The van der Waals surface area contributed by atoms with Gasteiger partial charge in [0.25, 0.3) is 10.0 Å². The topological polar surface area (TPSA) is 94.2 Å². The van der Waals surface area contributed by atoms with Crippen LogP contribution in [0.25, 0.3) is 0 Å². The number of hydrogen-bond acceptors (Lipinski definition) is 6. The van der Waals surface area contributed by atoms with Gasteiger partial charge in [-0.2, -0.15) is 0 Å². The van der Waals surface area contributed by atoms with E-state index in [9.17, 15) is 17.6 Å². The van der Waals surface area contributed by atoms with E-state index in [4.69, 9.17) is 14.2 Å². The lowest BCUT2D eigenvalue weighted by molar-refractivity contribution is -0.114. The summed E-state index contributed by atoms with van der Waals surface area (Å²) in [5, 5.41) is 2.65. The number of anilines is 2. The summed E-state index contributed by atoms with van der Waals surface area (Å²) in [7, 11) is 0.258. The molecule has 33 heavy (non-hydrogen) atoms. The number of nitrogens with one attached hydrogen (secondary N) is 1. The van der Waals surface area contributed by atoms with Gasteiger partial charge in [0.2, 0.25) is 5.91 Å². The lowest BCUT2D eigenvalue weighted by Gasteiger charge is -2.24. The fraction of sp³-hybridized carbons (Fsp3) is 0.174. The molecular weight excluding hydrogens is 451 g/mol. The molecule has 8 nitrogen and oxygen atoms in total. The van der Waals surface area contributed by atoms with E-state index in [0.29, 0.717) is 22.9 Å². The second-order valence-electron chi connectivity index (χ2n) is 6.78. The molecule has 3 aromatic rings. The van der Waals surface area contributed by atoms with Gasteiger partial charge in [-0.25, -0.2) is 12.8 Å². The van der Waals surface area contributed by atoms with Gasteiger partial charge < -0.3 is 19.5 Å². The van der Waals surface area contributed by atoms with Crippen LogP contribution in [0.15, 0.2) is 71.6 Å². The lowest BCUT2D eigenvalue weighted by Crippen LogP contribution is -2.38. The van der Waals surface area contributed by atoms with Crippen LogP contribution in [0.5, 0.6) is 17.2 Å². The third-order valence-corrected chi connectivity index (χ3v) is 6.50. The van der Waals surface area contributed by atoms with Gasteiger partial charge in [0.15, 0.2) is 11.5 Å². The van der Waals surface area contributed by atoms with E-state index in [1.54, 1.807) is 18.2 Å². The first-order valence-electron chi connectivity index (χ1n) is 9.72. The first-order chi connectivity index (χ1) is 15.8. The van der Waals surface area contributed by atoms with Crippen molar-refractivity contribution in [3.8, 4) is 17.2 Å². The Morgan fingerprint density at radius 2 is 1.52 bits per heavy atom. The smallest absolute Gasteiger partial charge is 0.264 e. The Morgan fingerprint density at radius 3 is 2.09 bits per heavy atom. The SMILES string of the molecule is COc1ccc(S(=O)(=O)N(CC(=O)Nc2ccc(OC)c(OC)c2)c2ccc(F)cc2)cc1. The van der Waals surface area contributed by atoms with Crippen molar-refractivity contribution in [3.05, 3.63) is 72.5 Å². The van der Waals surface area contributed by atoms with Crippen LogP contribution >= 0.6 is 0 Å². The summed E-state index contributed by atoms with van der Waals surface area (Å²) in [6.07, 6.45) is 0. The van der Waals surface area contributed by atoms with Crippen LogP contribution in [0.3, 0.4) is 0 Å². The minimum atomic E-state index is -4.15. The maximum atomic E-state index is 13.5. The number of carbonyl (C=O) groups excluding carboxylic acids is 1. The number of amides is 1. The number of carbonyl (C=O) groups is 1. The fourth-order valence-corrected chi connectivity index (χ4v) is 4.46. The first-order valence-corrected chi connectivity index (χ1v) is 11.2. The lowest BCUT2D eigenvalue weighted by atomic mass is 10.2. The van der Waals surface area contributed by atoms with Crippen molar-refractivity contribution in [2.75, 3.05) is 37.5 Å². The zero-order valence-corrected chi connectivity index (χ0v) is 19.1. The maximum absolute atomic E-state index is 13.5. The Morgan fingerprint density at radius 1 is 0.879 bits per heavy atom. The van der Waals surface area contributed by atoms with E-state index in [1.165, 1.54) is 57.7 Å².